The van der Waals surface area contributed by atoms with Crippen LogP contribution in [-0.4, -0.2) is 9.97 Å². The van der Waals surface area contributed by atoms with Gasteiger partial charge in [-0.1, -0.05) is 127 Å². The van der Waals surface area contributed by atoms with E-state index < -0.39 is 0 Å². The Labute approximate surface area is 310 Å². The standard InChI is InChI=1S/C50H30N2S/c1-5-17-40-36(13-1)47(37-14-2-6-18-41(37)49(40)33-11-9-25-51-29-33)31-22-24-45-44(27-31)35-23-21-32(28-46(35)53-45)48-38-15-3-7-19-42(38)50(34-12-10-26-52-30-34)43-20-8-4-16-39(43)48/h1-30H. The molecule has 0 aliphatic rings. The Bertz CT molecular complexity index is 3100. The third-order valence-corrected chi connectivity index (χ3v) is 11.9. The Morgan fingerprint density at radius 3 is 1.09 bits per heavy atom. The van der Waals surface area contributed by atoms with Crippen LogP contribution in [0.25, 0.3) is 108 Å². The SMILES string of the molecule is c1cncc(-c2c3ccccc3c(-c3ccc4c(c3)sc3ccc(-c5c6ccccc6c(-c6cccnc6)c6ccccc56)cc34)c3ccccc23)c1. The lowest BCUT2D eigenvalue weighted by molar-refractivity contribution is 1.33. The van der Waals surface area contributed by atoms with E-state index in [9.17, 15) is 0 Å². The fourth-order valence-electron chi connectivity index (χ4n) is 8.61. The van der Waals surface area contributed by atoms with E-state index in [4.69, 9.17) is 0 Å². The lowest BCUT2D eigenvalue weighted by Gasteiger charge is -2.17. The number of rotatable bonds is 4. The number of aromatic nitrogens is 2. The van der Waals surface area contributed by atoms with E-state index in [1.54, 1.807) is 0 Å². The summed E-state index contributed by atoms with van der Waals surface area (Å²) in [7, 11) is 0. The highest BCUT2D eigenvalue weighted by Gasteiger charge is 2.20. The van der Waals surface area contributed by atoms with Crippen LogP contribution in [0.3, 0.4) is 0 Å². The van der Waals surface area contributed by atoms with Crippen molar-refractivity contribution in [2.45, 2.75) is 0 Å². The minimum atomic E-state index is 1.13. The van der Waals surface area contributed by atoms with Crippen molar-refractivity contribution in [3.63, 3.8) is 0 Å². The molecule has 53 heavy (non-hydrogen) atoms. The lowest BCUT2D eigenvalue weighted by Crippen LogP contribution is -1.91. The summed E-state index contributed by atoms with van der Waals surface area (Å²) in [6.45, 7) is 0. The third-order valence-electron chi connectivity index (χ3n) is 10.8. The van der Waals surface area contributed by atoms with Crippen LogP contribution in [0.1, 0.15) is 0 Å². The second-order valence-corrected chi connectivity index (χ2v) is 14.8. The van der Waals surface area contributed by atoms with E-state index in [1.807, 2.05) is 48.3 Å². The Kier molecular flexibility index (Phi) is 6.76. The molecule has 0 radical (unpaired) electrons. The van der Waals surface area contributed by atoms with Crippen molar-refractivity contribution in [1.29, 1.82) is 0 Å². The van der Waals surface area contributed by atoms with Crippen LogP contribution in [0.15, 0.2) is 183 Å². The van der Waals surface area contributed by atoms with Gasteiger partial charge in [-0.25, -0.2) is 0 Å². The molecule has 0 atom stereocenters. The number of pyridine rings is 2. The van der Waals surface area contributed by atoms with Crippen molar-refractivity contribution in [3.05, 3.63) is 183 Å². The minimum Gasteiger partial charge on any atom is -0.264 e. The van der Waals surface area contributed by atoms with Crippen LogP contribution >= 0.6 is 11.3 Å². The van der Waals surface area contributed by atoms with E-state index in [0.717, 1.165) is 11.1 Å². The molecule has 3 aromatic heterocycles. The van der Waals surface area contributed by atoms with Gasteiger partial charge in [-0.2, -0.15) is 0 Å². The van der Waals surface area contributed by atoms with Gasteiger partial charge in [-0.05, 0) is 107 Å². The predicted octanol–water partition coefficient (Wildman–Crippen LogP) is 14.1. The molecule has 0 fully saturated rings. The maximum absolute atomic E-state index is 4.48. The van der Waals surface area contributed by atoms with Crippen LogP contribution in [0.2, 0.25) is 0 Å². The third kappa shape index (κ3) is 4.64. The zero-order valence-electron chi connectivity index (χ0n) is 28.6. The number of benzene rings is 8. The maximum atomic E-state index is 4.48. The Hall–Kier alpha value is -6.68. The van der Waals surface area contributed by atoms with E-state index in [2.05, 4.69) is 156 Å². The highest BCUT2D eigenvalue weighted by molar-refractivity contribution is 7.25. The van der Waals surface area contributed by atoms with Gasteiger partial charge in [-0.3, -0.25) is 9.97 Å². The molecule has 0 unspecified atom stereocenters. The summed E-state index contributed by atoms with van der Waals surface area (Å²) >= 11 is 1.88. The van der Waals surface area contributed by atoms with E-state index in [-0.39, 0.29) is 0 Å². The highest BCUT2D eigenvalue weighted by Crippen LogP contribution is 2.47. The van der Waals surface area contributed by atoms with E-state index in [1.165, 1.54) is 96.6 Å². The first-order valence-corrected chi connectivity index (χ1v) is 18.8. The molecule has 246 valence electrons. The molecule has 0 bridgehead atoms. The molecule has 0 amide bonds. The zero-order chi connectivity index (χ0) is 34.9. The molecular formula is C50H30N2S. The fourth-order valence-corrected chi connectivity index (χ4v) is 9.74. The first-order chi connectivity index (χ1) is 26.3. The summed E-state index contributed by atoms with van der Waals surface area (Å²) in [5.74, 6) is 0. The molecule has 3 heterocycles. The van der Waals surface area contributed by atoms with Crippen molar-refractivity contribution in [1.82, 2.24) is 9.97 Å². The zero-order valence-corrected chi connectivity index (χ0v) is 29.4. The summed E-state index contributed by atoms with van der Waals surface area (Å²) in [6, 6.07) is 57.8. The Balaban J connectivity index is 1.13. The van der Waals surface area contributed by atoms with Crippen LogP contribution in [-0.2, 0) is 0 Å². The molecule has 11 aromatic rings. The molecule has 3 heteroatoms. The number of nitrogens with zero attached hydrogens (tertiary/aromatic N) is 2. The smallest absolute Gasteiger partial charge is 0.0361 e. The Morgan fingerprint density at radius 2 is 0.679 bits per heavy atom. The van der Waals surface area contributed by atoms with Gasteiger partial charge in [0.2, 0.25) is 0 Å². The van der Waals surface area contributed by atoms with Gasteiger partial charge in [0.25, 0.3) is 0 Å². The molecule has 0 N–H and O–H groups in total. The summed E-state index contributed by atoms with van der Waals surface area (Å²) in [6.07, 6.45) is 7.64. The van der Waals surface area contributed by atoms with E-state index >= 15 is 0 Å². The molecule has 0 aliphatic heterocycles. The van der Waals surface area contributed by atoms with Gasteiger partial charge in [0.15, 0.2) is 0 Å². The summed E-state index contributed by atoms with van der Waals surface area (Å²) in [5.41, 5.74) is 9.74. The number of thiophene rings is 1. The number of fused-ring (bicyclic) bond motifs is 7. The maximum Gasteiger partial charge on any atom is 0.0361 e. The highest BCUT2D eigenvalue weighted by atomic mass is 32.1. The second kappa shape index (κ2) is 11.9. The monoisotopic (exact) mass is 690 g/mol. The van der Waals surface area contributed by atoms with Crippen LogP contribution in [0.4, 0.5) is 0 Å². The summed E-state index contributed by atoms with van der Waals surface area (Å²) in [4.78, 5) is 8.96. The second-order valence-electron chi connectivity index (χ2n) is 13.7. The lowest BCUT2D eigenvalue weighted by atomic mass is 9.86. The van der Waals surface area contributed by atoms with Crippen LogP contribution < -0.4 is 0 Å². The largest absolute Gasteiger partial charge is 0.264 e. The quantitative estimate of drug-likeness (QED) is 0.172. The van der Waals surface area contributed by atoms with Crippen LogP contribution in [0, 0.1) is 0 Å². The molecule has 0 saturated heterocycles. The molecule has 0 spiro atoms. The van der Waals surface area contributed by atoms with Crippen molar-refractivity contribution in [3.8, 4) is 44.5 Å². The summed E-state index contributed by atoms with van der Waals surface area (Å²) in [5, 5.41) is 12.5. The van der Waals surface area contributed by atoms with Gasteiger partial charge < -0.3 is 0 Å². The fraction of sp³-hybridized carbons (Fsp3) is 0. The first-order valence-electron chi connectivity index (χ1n) is 18.0. The molecular weight excluding hydrogens is 661 g/mol. The van der Waals surface area contributed by atoms with Gasteiger partial charge >= 0.3 is 0 Å². The van der Waals surface area contributed by atoms with Crippen molar-refractivity contribution in [2.24, 2.45) is 0 Å². The van der Waals surface area contributed by atoms with Crippen molar-refractivity contribution < 1.29 is 0 Å². The molecule has 8 aromatic carbocycles. The van der Waals surface area contributed by atoms with E-state index in [0.29, 0.717) is 0 Å². The van der Waals surface area contributed by atoms with Crippen LogP contribution in [0.5, 0.6) is 0 Å². The minimum absolute atomic E-state index is 1.13. The summed E-state index contributed by atoms with van der Waals surface area (Å²) < 4.78 is 2.59. The normalized spacial score (nSPS) is 11.8. The van der Waals surface area contributed by atoms with Gasteiger partial charge in [-0.15, -0.1) is 11.3 Å². The topological polar surface area (TPSA) is 25.8 Å². The number of hydrogen-bond acceptors (Lipinski definition) is 3. The van der Waals surface area contributed by atoms with Crippen molar-refractivity contribution >= 4 is 74.6 Å². The molecule has 0 aliphatic carbocycles. The van der Waals surface area contributed by atoms with Crippen molar-refractivity contribution in [2.75, 3.05) is 0 Å². The van der Waals surface area contributed by atoms with Gasteiger partial charge in [0.05, 0.1) is 0 Å². The first kappa shape index (κ1) is 30.0. The predicted molar refractivity (Wildman–Crippen MR) is 227 cm³/mol. The molecule has 11 rings (SSSR count). The Morgan fingerprint density at radius 1 is 0.283 bits per heavy atom. The average Bonchev–Trinajstić information content (AvgIpc) is 3.59. The number of hydrogen-bond donors (Lipinski definition) is 0. The average molecular weight is 691 g/mol. The van der Waals surface area contributed by atoms with Gasteiger partial charge in [0, 0.05) is 56.1 Å². The molecule has 2 nitrogen and oxygen atoms in total. The van der Waals surface area contributed by atoms with Gasteiger partial charge in [0.1, 0.15) is 0 Å². The molecule has 0 saturated carbocycles.